The van der Waals surface area contributed by atoms with Crippen molar-refractivity contribution in [1.29, 1.82) is 0 Å². The molecular weight excluding hydrogens is 208 g/mol. The normalized spacial score (nSPS) is 24.8. The van der Waals surface area contributed by atoms with Crippen LogP contribution in [0.1, 0.15) is 60.8 Å². The molecule has 1 aliphatic rings. The molecule has 0 unspecified atom stereocenters. The molecule has 2 nitrogen and oxygen atoms in total. The number of hydrogen-bond acceptors (Lipinski definition) is 2. The molecule has 1 heterocycles. The van der Waals surface area contributed by atoms with E-state index in [-0.39, 0.29) is 11.1 Å². The lowest BCUT2D eigenvalue weighted by atomic mass is 9.79. The highest BCUT2D eigenvalue weighted by molar-refractivity contribution is 5.05. The van der Waals surface area contributed by atoms with Gasteiger partial charge in [0.2, 0.25) is 0 Å². The first-order chi connectivity index (χ1) is 7.67. The van der Waals surface area contributed by atoms with E-state index in [2.05, 4.69) is 64.9 Å². The van der Waals surface area contributed by atoms with Crippen LogP contribution in [0, 0.1) is 0 Å². The molecule has 0 spiro atoms. The van der Waals surface area contributed by atoms with Crippen LogP contribution in [0.4, 0.5) is 0 Å². The van der Waals surface area contributed by atoms with Gasteiger partial charge in [0.25, 0.3) is 0 Å². The number of rotatable bonds is 3. The Morgan fingerprint density at radius 3 is 2.12 bits per heavy atom. The maximum Gasteiger partial charge on any atom is 0.0318 e. The Bertz CT molecular complexity index is 273. The lowest BCUT2D eigenvalue weighted by Crippen LogP contribution is -2.61. The zero-order valence-electron chi connectivity index (χ0n) is 12.7. The molecule has 17 heavy (non-hydrogen) atoms. The van der Waals surface area contributed by atoms with Crippen molar-refractivity contribution in [3.8, 4) is 0 Å². The van der Waals surface area contributed by atoms with Gasteiger partial charge in [-0.15, -0.1) is 0 Å². The van der Waals surface area contributed by atoms with Gasteiger partial charge in [-0.05, 0) is 53.9 Å². The Hall–Kier alpha value is -0.500. The Morgan fingerprint density at radius 2 is 1.71 bits per heavy atom. The molecule has 0 radical (unpaired) electrons. The first-order valence-corrected chi connectivity index (χ1v) is 6.86. The fourth-order valence-corrected chi connectivity index (χ4v) is 3.27. The molecule has 2 heteroatoms. The summed E-state index contributed by atoms with van der Waals surface area (Å²) in [5, 5.41) is 3.74. The van der Waals surface area contributed by atoms with E-state index < -0.39 is 0 Å². The lowest BCUT2D eigenvalue weighted by Gasteiger charge is -2.49. The Balaban J connectivity index is 2.80. The summed E-state index contributed by atoms with van der Waals surface area (Å²) in [5.41, 5.74) is 1.87. The van der Waals surface area contributed by atoms with Gasteiger partial charge in [0.1, 0.15) is 0 Å². The van der Waals surface area contributed by atoms with E-state index in [0.29, 0.717) is 6.04 Å². The van der Waals surface area contributed by atoms with E-state index in [1.165, 1.54) is 18.5 Å². The molecule has 0 amide bonds. The summed E-state index contributed by atoms with van der Waals surface area (Å²) in [6, 6.07) is 0.643. The Morgan fingerprint density at radius 1 is 1.24 bits per heavy atom. The minimum absolute atomic E-state index is 0.229. The second-order valence-electron chi connectivity index (χ2n) is 6.82. The van der Waals surface area contributed by atoms with E-state index in [1.807, 2.05) is 0 Å². The number of allylic oxidation sites excluding steroid dienone is 2. The van der Waals surface area contributed by atoms with Gasteiger partial charge in [0.05, 0.1) is 0 Å². The summed E-state index contributed by atoms with van der Waals surface area (Å²) < 4.78 is 0. The molecule has 0 bridgehead atoms. The first kappa shape index (κ1) is 14.6. The van der Waals surface area contributed by atoms with Crippen LogP contribution in [0.5, 0.6) is 0 Å². The molecule has 1 saturated heterocycles. The number of nitrogens with one attached hydrogen (secondary N) is 1. The summed E-state index contributed by atoms with van der Waals surface area (Å²) >= 11 is 0. The van der Waals surface area contributed by atoms with E-state index >= 15 is 0 Å². The highest BCUT2D eigenvalue weighted by atomic mass is 15.2. The largest absolute Gasteiger partial charge is 0.375 e. The Labute approximate surface area is 107 Å². The molecular formula is C15H30N2. The summed E-state index contributed by atoms with van der Waals surface area (Å²) in [6.07, 6.45) is 5.86. The minimum atomic E-state index is 0.229. The molecule has 1 aliphatic heterocycles. The SMILES string of the molecule is CC/C=C(\C)N(C)C1CC(C)(C)NC(C)(C)C1. The highest BCUT2D eigenvalue weighted by Crippen LogP contribution is 2.32. The smallest absolute Gasteiger partial charge is 0.0318 e. The van der Waals surface area contributed by atoms with Gasteiger partial charge in [-0.1, -0.05) is 13.0 Å². The van der Waals surface area contributed by atoms with Crippen molar-refractivity contribution in [2.24, 2.45) is 0 Å². The fraction of sp³-hybridized carbons (Fsp3) is 0.867. The molecule has 1 N–H and O–H groups in total. The third kappa shape index (κ3) is 4.02. The quantitative estimate of drug-likeness (QED) is 0.809. The second kappa shape index (κ2) is 5.01. The summed E-state index contributed by atoms with van der Waals surface area (Å²) in [5.74, 6) is 0. The molecule has 0 saturated carbocycles. The van der Waals surface area contributed by atoms with Gasteiger partial charge in [-0.3, -0.25) is 0 Å². The van der Waals surface area contributed by atoms with Crippen molar-refractivity contribution >= 4 is 0 Å². The molecule has 100 valence electrons. The monoisotopic (exact) mass is 238 g/mol. The molecule has 0 atom stereocenters. The van der Waals surface area contributed by atoms with E-state index in [1.54, 1.807) is 0 Å². The molecule has 1 fully saturated rings. The lowest BCUT2D eigenvalue weighted by molar-refractivity contribution is 0.0987. The fourth-order valence-electron chi connectivity index (χ4n) is 3.27. The first-order valence-electron chi connectivity index (χ1n) is 6.86. The number of piperidine rings is 1. The van der Waals surface area contributed by atoms with E-state index in [4.69, 9.17) is 0 Å². The van der Waals surface area contributed by atoms with Crippen molar-refractivity contribution in [2.75, 3.05) is 7.05 Å². The molecule has 1 rings (SSSR count). The topological polar surface area (TPSA) is 15.3 Å². The molecule has 0 aliphatic carbocycles. The predicted molar refractivity (Wildman–Crippen MR) is 76.1 cm³/mol. The van der Waals surface area contributed by atoms with Gasteiger partial charge >= 0.3 is 0 Å². The third-order valence-corrected chi connectivity index (χ3v) is 3.77. The average Bonchev–Trinajstić information content (AvgIpc) is 2.12. The Kier molecular flexibility index (Phi) is 4.29. The van der Waals surface area contributed by atoms with Gasteiger partial charge < -0.3 is 10.2 Å². The van der Waals surface area contributed by atoms with Crippen LogP contribution in [0.25, 0.3) is 0 Å². The summed E-state index contributed by atoms with van der Waals surface area (Å²) in [7, 11) is 2.24. The van der Waals surface area contributed by atoms with Crippen molar-refractivity contribution in [1.82, 2.24) is 10.2 Å². The van der Waals surface area contributed by atoms with Crippen LogP contribution in [0.3, 0.4) is 0 Å². The van der Waals surface area contributed by atoms with Crippen LogP contribution in [0.2, 0.25) is 0 Å². The summed E-state index contributed by atoms with van der Waals surface area (Å²) in [6.45, 7) is 13.7. The second-order valence-corrected chi connectivity index (χ2v) is 6.82. The minimum Gasteiger partial charge on any atom is -0.375 e. The molecule has 0 aromatic heterocycles. The maximum absolute atomic E-state index is 3.74. The molecule has 0 aromatic carbocycles. The van der Waals surface area contributed by atoms with Gasteiger partial charge in [0.15, 0.2) is 0 Å². The zero-order chi connectivity index (χ0) is 13.3. The van der Waals surface area contributed by atoms with Crippen LogP contribution < -0.4 is 5.32 Å². The standard InChI is InChI=1S/C15H30N2/c1-8-9-12(2)17(7)13-10-14(3,4)16-15(5,6)11-13/h9,13,16H,8,10-11H2,1-7H3/b12-9+. The van der Waals surface area contributed by atoms with Crippen molar-refractivity contribution in [3.05, 3.63) is 11.8 Å². The van der Waals surface area contributed by atoms with E-state index in [0.717, 1.165) is 6.42 Å². The van der Waals surface area contributed by atoms with Crippen molar-refractivity contribution in [2.45, 2.75) is 77.9 Å². The van der Waals surface area contributed by atoms with Crippen molar-refractivity contribution < 1.29 is 0 Å². The highest BCUT2D eigenvalue weighted by Gasteiger charge is 2.39. The van der Waals surface area contributed by atoms with Gasteiger partial charge in [-0.25, -0.2) is 0 Å². The average molecular weight is 238 g/mol. The molecule has 0 aromatic rings. The number of nitrogens with zero attached hydrogens (tertiary/aromatic N) is 1. The number of hydrogen-bond donors (Lipinski definition) is 1. The van der Waals surface area contributed by atoms with Gasteiger partial charge in [0, 0.05) is 29.9 Å². The third-order valence-electron chi connectivity index (χ3n) is 3.77. The van der Waals surface area contributed by atoms with Crippen LogP contribution in [-0.2, 0) is 0 Å². The maximum atomic E-state index is 3.74. The van der Waals surface area contributed by atoms with E-state index in [9.17, 15) is 0 Å². The summed E-state index contributed by atoms with van der Waals surface area (Å²) in [4.78, 5) is 2.47. The van der Waals surface area contributed by atoms with Gasteiger partial charge in [-0.2, -0.15) is 0 Å². The van der Waals surface area contributed by atoms with Crippen LogP contribution in [0.15, 0.2) is 11.8 Å². The predicted octanol–water partition coefficient (Wildman–Crippen LogP) is 3.54. The zero-order valence-corrected chi connectivity index (χ0v) is 12.7. The van der Waals surface area contributed by atoms with Crippen LogP contribution in [-0.4, -0.2) is 29.1 Å². The van der Waals surface area contributed by atoms with Crippen LogP contribution >= 0.6 is 0 Å². The van der Waals surface area contributed by atoms with Crippen molar-refractivity contribution in [3.63, 3.8) is 0 Å².